The molecule has 0 aliphatic rings. The molecule has 75 heavy (non-hydrogen) atoms. The minimum absolute atomic E-state index is 0.0727. The lowest BCUT2D eigenvalue weighted by atomic mass is 10.0. The van der Waals surface area contributed by atoms with E-state index >= 15 is 0 Å². The van der Waals surface area contributed by atoms with Gasteiger partial charge in [0.25, 0.3) is 0 Å². The highest BCUT2D eigenvalue weighted by atomic mass is 16.6. The van der Waals surface area contributed by atoms with Gasteiger partial charge in [0, 0.05) is 19.3 Å². The van der Waals surface area contributed by atoms with Gasteiger partial charge in [-0.3, -0.25) is 14.4 Å². The predicted molar refractivity (Wildman–Crippen MR) is 326 cm³/mol. The molecule has 0 aromatic carbocycles. The molecule has 6 heteroatoms. The van der Waals surface area contributed by atoms with Crippen molar-refractivity contribution in [2.24, 2.45) is 0 Å². The second-order valence-corrected chi connectivity index (χ2v) is 22.7. The number of carbonyl (C=O) groups excluding carboxylic acids is 3. The summed E-state index contributed by atoms with van der Waals surface area (Å²) in [6.45, 7) is 6.64. The van der Waals surface area contributed by atoms with Crippen LogP contribution in [0.4, 0.5) is 0 Å². The molecule has 0 saturated heterocycles. The Morgan fingerprint density at radius 3 is 0.707 bits per heavy atom. The molecule has 0 heterocycles. The van der Waals surface area contributed by atoms with E-state index in [4.69, 9.17) is 14.2 Å². The van der Waals surface area contributed by atoms with Gasteiger partial charge < -0.3 is 14.2 Å². The van der Waals surface area contributed by atoms with E-state index in [2.05, 4.69) is 57.2 Å². The average molecular weight is 1050 g/mol. The summed E-state index contributed by atoms with van der Waals surface area (Å²) >= 11 is 0. The van der Waals surface area contributed by atoms with E-state index in [1.807, 2.05) is 0 Å². The third kappa shape index (κ3) is 62.4. The first kappa shape index (κ1) is 72.6. The molecule has 0 rings (SSSR count). The summed E-state index contributed by atoms with van der Waals surface area (Å²) < 4.78 is 16.9. The summed E-state index contributed by atoms with van der Waals surface area (Å²) in [4.78, 5) is 38.2. The van der Waals surface area contributed by atoms with Gasteiger partial charge in [-0.2, -0.15) is 0 Å². The zero-order valence-corrected chi connectivity index (χ0v) is 50.6. The largest absolute Gasteiger partial charge is 0.462 e. The number of hydrogen-bond acceptors (Lipinski definition) is 6. The van der Waals surface area contributed by atoms with Crippen LogP contribution in [-0.4, -0.2) is 37.2 Å². The summed E-state index contributed by atoms with van der Waals surface area (Å²) in [5, 5.41) is 0. The van der Waals surface area contributed by atoms with Crippen molar-refractivity contribution in [3.63, 3.8) is 0 Å². The maximum atomic E-state index is 12.9. The van der Waals surface area contributed by atoms with Crippen LogP contribution in [0, 0.1) is 0 Å². The Bertz CT molecular complexity index is 1250. The van der Waals surface area contributed by atoms with E-state index in [1.54, 1.807) is 0 Å². The van der Waals surface area contributed by atoms with Gasteiger partial charge in [0.05, 0.1) is 0 Å². The number of ether oxygens (including phenoxy) is 3. The number of allylic oxidation sites excluding steroid dienone is 6. The molecule has 0 aromatic rings. The lowest BCUT2D eigenvalue weighted by Gasteiger charge is -2.18. The predicted octanol–water partition coefficient (Wildman–Crippen LogP) is 22.8. The Balaban J connectivity index is 4.14. The van der Waals surface area contributed by atoms with Gasteiger partial charge in [0.15, 0.2) is 6.10 Å². The first-order chi connectivity index (χ1) is 37.0. The number of carbonyl (C=O) groups is 3. The second-order valence-electron chi connectivity index (χ2n) is 22.7. The quantitative estimate of drug-likeness (QED) is 0.0261. The van der Waals surface area contributed by atoms with Crippen molar-refractivity contribution in [1.82, 2.24) is 0 Å². The van der Waals surface area contributed by atoms with Crippen molar-refractivity contribution >= 4 is 17.9 Å². The molecule has 0 fully saturated rings. The van der Waals surface area contributed by atoms with Crippen LogP contribution in [-0.2, 0) is 28.6 Å². The van der Waals surface area contributed by atoms with Crippen LogP contribution in [0.5, 0.6) is 0 Å². The fourth-order valence-corrected chi connectivity index (χ4v) is 10.0. The summed E-state index contributed by atoms with van der Waals surface area (Å²) in [7, 11) is 0. The van der Waals surface area contributed by atoms with Gasteiger partial charge in [0.1, 0.15) is 13.2 Å². The van der Waals surface area contributed by atoms with E-state index in [1.165, 1.54) is 263 Å². The minimum Gasteiger partial charge on any atom is -0.462 e. The molecule has 0 bridgehead atoms. The highest BCUT2D eigenvalue weighted by Crippen LogP contribution is 2.18. The number of hydrogen-bond donors (Lipinski definition) is 0. The Morgan fingerprint density at radius 2 is 0.453 bits per heavy atom. The molecule has 1 atom stereocenters. The summed E-state index contributed by atoms with van der Waals surface area (Å²) in [5.74, 6) is -0.866. The second kappa shape index (κ2) is 64.2. The van der Waals surface area contributed by atoms with E-state index < -0.39 is 6.10 Å². The van der Waals surface area contributed by atoms with E-state index in [0.29, 0.717) is 19.3 Å². The topological polar surface area (TPSA) is 78.9 Å². The normalized spacial score (nSPS) is 12.2. The Labute approximate surface area is 467 Å². The van der Waals surface area contributed by atoms with Crippen LogP contribution >= 0.6 is 0 Å². The zero-order valence-electron chi connectivity index (χ0n) is 50.6. The molecule has 0 aromatic heterocycles. The number of esters is 3. The minimum atomic E-state index is -0.776. The van der Waals surface area contributed by atoms with Gasteiger partial charge in [-0.15, -0.1) is 0 Å². The molecule has 0 spiro atoms. The molecular formula is C69H128O6. The van der Waals surface area contributed by atoms with Crippen LogP contribution in [0.25, 0.3) is 0 Å². The Hall–Kier alpha value is -2.37. The van der Waals surface area contributed by atoms with Crippen molar-refractivity contribution in [2.45, 2.75) is 374 Å². The third-order valence-corrected chi connectivity index (χ3v) is 15.1. The van der Waals surface area contributed by atoms with Crippen LogP contribution in [0.15, 0.2) is 36.5 Å². The molecule has 0 radical (unpaired) electrons. The number of rotatable bonds is 62. The van der Waals surface area contributed by atoms with Crippen LogP contribution in [0.1, 0.15) is 367 Å². The zero-order chi connectivity index (χ0) is 54.3. The highest BCUT2D eigenvalue weighted by Gasteiger charge is 2.19. The Kier molecular flexibility index (Phi) is 62.1. The van der Waals surface area contributed by atoms with Crippen LogP contribution in [0.3, 0.4) is 0 Å². The fourth-order valence-electron chi connectivity index (χ4n) is 10.0. The van der Waals surface area contributed by atoms with Crippen molar-refractivity contribution in [3.8, 4) is 0 Å². The molecule has 0 aliphatic carbocycles. The van der Waals surface area contributed by atoms with Crippen molar-refractivity contribution in [2.75, 3.05) is 13.2 Å². The summed E-state index contributed by atoms with van der Waals surface area (Å²) in [5.41, 5.74) is 0. The highest BCUT2D eigenvalue weighted by molar-refractivity contribution is 5.71. The van der Waals surface area contributed by atoms with Crippen LogP contribution in [0.2, 0.25) is 0 Å². The Morgan fingerprint density at radius 1 is 0.253 bits per heavy atom. The maximum absolute atomic E-state index is 12.9. The third-order valence-electron chi connectivity index (χ3n) is 15.1. The molecule has 0 N–H and O–H groups in total. The molecule has 1 unspecified atom stereocenters. The molecule has 0 amide bonds. The standard InChI is InChI=1S/C69H128O6/c1-4-7-10-13-16-19-22-24-26-28-29-30-31-32-33-34-35-36-37-38-39-41-42-44-47-50-53-56-59-62-68(71)74-65-66(64-73-67(70)61-58-55-52-49-46-21-18-15-12-9-6-3)75-69(72)63-60-57-54-51-48-45-43-40-27-25-23-20-17-14-11-8-5-2/h15,18,25,27-29,66H,4-14,16-17,19-24,26,30-65H2,1-3H3/b18-15-,27-25-,29-28-. The first-order valence-electron chi connectivity index (χ1n) is 33.5. The van der Waals surface area contributed by atoms with Crippen molar-refractivity contribution < 1.29 is 28.6 Å². The molecule has 6 nitrogen and oxygen atoms in total. The van der Waals surface area contributed by atoms with Gasteiger partial charge in [-0.05, 0) is 89.9 Å². The van der Waals surface area contributed by atoms with Gasteiger partial charge in [-0.25, -0.2) is 0 Å². The van der Waals surface area contributed by atoms with Crippen molar-refractivity contribution in [1.29, 1.82) is 0 Å². The smallest absolute Gasteiger partial charge is 0.306 e. The van der Waals surface area contributed by atoms with Crippen molar-refractivity contribution in [3.05, 3.63) is 36.5 Å². The summed E-state index contributed by atoms with van der Waals surface area (Å²) in [6.07, 6.45) is 78.9. The fraction of sp³-hybridized carbons (Fsp3) is 0.870. The SMILES string of the molecule is CCCC/C=C\CCCCCCCC(=O)OCC(COC(=O)CCCCCCCCCCCCCCCCCCC/C=C\CCCCCCCCCC)OC(=O)CCCCCCCCC/C=C\CCCCCCCC. The van der Waals surface area contributed by atoms with E-state index in [9.17, 15) is 14.4 Å². The molecule has 0 aliphatic heterocycles. The monoisotopic (exact) mass is 1050 g/mol. The molecule has 0 saturated carbocycles. The van der Waals surface area contributed by atoms with Gasteiger partial charge >= 0.3 is 17.9 Å². The maximum Gasteiger partial charge on any atom is 0.306 e. The van der Waals surface area contributed by atoms with Gasteiger partial charge in [0.2, 0.25) is 0 Å². The average Bonchev–Trinajstić information content (AvgIpc) is 3.41. The molecular weight excluding hydrogens is 925 g/mol. The number of unbranched alkanes of at least 4 members (excludes halogenated alkanes) is 45. The van der Waals surface area contributed by atoms with E-state index in [0.717, 1.165) is 64.2 Å². The van der Waals surface area contributed by atoms with E-state index in [-0.39, 0.29) is 31.1 Å². The lowest BCUT2D eigenvalue weighted by molar-refractivity contribution is -0.167. The lowest BCUT2D eigenvalue weighted by Crippen LogP contribution is -2.30. The molecule has 440 valence electrons. The van der Waals surface area contributed by atoms with Crippen LogP contribution < -0.4 is 0 Å². The first-order valence-corrected chi connectivity index (χ1v) is 33.5. The van der Waals surface area contributed by atoms with Gasteiger partial charge in [-0.1, -0.05) is 295 Å². The summed E-state index contributed by atoms with van der Waals surface area (Å²) in [6, 6.07) is 0.